The summed E-state index contributed by atoms with van der Waals surface area (Å²) in [7, 11) is 0. The number of rotatable bonds is 29. The van der Waals surface area contributed by atoms with Crippen molar-refractivity contribution in [1.82, 2.24) is 0 Å². The molecule has 0 heterocycles. The van der Waals surface area contributed by atoms with E-state index in [9.17, 15) is 9.59 Å². The van der Waals surface area contributed by atoms with Crippen LogP contribution in [0.2, 0.25) is 0 Å². The van der Waals surface area contributed by atoms with E-state index in [0.29, 0.717) is 25.7 Å². The van der Waals surface area contributed by atoms with Gasteiger partial charge >= 0.3 is 11.9 Å². The van der Waals surface area contributed by atoms with Crippen molar-refractivity contribution in [2.75, 3.05) is 0 Å². The first-order valence-electron chi connectivity index (χ1n) is 17.0. The SMILES string of the molecule is CCCCCCCCCC(=O)OC(CCCCCCC)(CCCCCCCC)OC(=O)CCCCCCC. The zero-order valence-electron chi connectivity index (χ0n) is 26.2. The van der Waals surface area contributed by atoms with Crippen molar-refractivity contribution in [2.45, 2.75) is 207 Å². The fourth-order valence-electron chi connectivity index (χ4n) is 5.14. The van der Waals surface area contributed by atoms with Gasteiger partial charge in [-0.3, -0.25) is 9.59 Å². The Kier molecular flexibility index (Phi) is 26.7. The highest BCUT2D eigenvalue weighted by Crippen LogP contribution is 2.31. The highest BCUT2D eigenvalue weighted by molar-refractivity contribution is 5.72. The van der Waals surface area contributed by atoms with Crippen LogP contribution in [0.5, 0.6) is 0 Å². The van der Waals surface area contributed by atoms with E-state index in [1.807, 2.05) is 0 Å². The average Bonchev–Trinajstić information content (AvgIpc) is 2.90. The Balaban J connectivity index is 5.11. The zero-order valence-corrected chi connectivity index (χ0v) is 26.2. The second-order valence-electron chi connectivity index (χ2n) is 11.6. The highest BCUT2D eigenvalue weighted by Gasteiger charge is 2.37. The number of esters is 2. The largest absolute Gasteiger partial charge is 0.422 e. The number of carbonyl (C=O) groups excluding carboxylic acids is 2. The molecular formula is C34H66O4. The van der Waals surface area contributed by atoms with Gasteiger partial charge in [0.25, 0.3) is 5.79 Å². The van der Waals surface area contributed by atoms with Crippen molar-refractivity contribution in [3.8, 4) is 0 Å². The second kappa shape index (κ2) is 27.5. The van der Waals surface area contributed by atoms with Crippen LogP contribution in [0.15, 0.2) is 0 Å². The van der Waals surface area contributed by atoms with Gasteiger partial charge < -0.3 is 9.47 Å². The molecule has 4 nitrogen and oxygen atoms in total. The van der Waals surface area contributed by atoms with Crippen LogP contribution in [0.4, 0.5) is 0 Å². The van der Waals surface area contributed by atoms with Crippen LogP contribution in [0, 0.1) is 0 Å². The first kappa shape index (κ1) is 36.9. The Morgan fingerprint density at radius 3 is 0.974 bits per heavy atom. The molecule has 0 spiro atoms. The van der Waals surface area contributed by atoms with Crippen molar-refractivity contribution in [2.24, 2.45) is 0 Å². The normalized spacial score (nSPS) is 12.8. The Morgan fingerprint density at radius 2 is 0.658 bits per heavy atom. The maximum absolute atomic E-state index is 13.0. The van der Waals surface area contributed by atoms with E-state index in [4.69, 9.17) is 9.47 Å². The summed E-state index contributed by atoms with van der Waals surface area (Å²) in [4.78, 5) is 26.0. The van der Waals surface area contributed by atoms with E-state index < -0.39 is 5.79 Å². The lowest BCUT2D eigenvalue weighted by Gasteiger charge is -2.33. The van der Waals surface area contributed by atoms with Gasteiger partial charge in [-0.2, -0.15) is 0 Å². The van der Waals surface area contributed by atoms with Crippen molar-refractivity contribution < 1.29 is 19.1 Å². The predicted octanol–water partition coefficient (Wildman–Crippen LogP) is 11.4. The molecule has 0 radical (unpaired) electrons. The summed E-state index contributed by atoms with van der Waals surface area (Å²) in [5.74, 6) is -1.45. The quantitative estimate of drug-likeness (QED) is 0.0540. The molecule has 0 amide bonds. The molecule has 0 aliphatic carbocycles. The Hall–Kier alpha value is -1.06. The summed E-state index contributed by atoms with van der Waals surface area (Å²) in [6, 6.07) is 0. The Labute approximate surface area is 237 Å². The van der Waals surface area contributed by atoms with Crippen LogP contribution in [-0.4, -0.2) is 17.7 Å². The minimum Gasteiger partial charge on any atom is -0.422 e. The van der Waals surface area contributed by atoms with Crippen LogP contribution in [0.3, 0.4) is 0 Å². The minimum atomic E-state index is -1.07. The van der Waals surface area contributed by atoms with E-state index in [1.54, 1.807) is 0 Å². The third-order valence-electron chi connectivity index (χ3n) is 7.64. The van der Waals surface area contributed by atoms with Crippen LogP contribution in [0.1, 0.15) is 201 Å². The molecule has 0 aromatic rings. The molecule has 0 aliphatic heterocycles. The molecule has 0 saturated carbocycles. The highest BCUT2D eigenvalue weighted by atomic mass is 16.7. The fraction of sp³-hybridized carbons (Fsp3) is 0.941. The Morgan fingerprint density at radius 1 is 0.395 bits per heavy atom. The van der Waals surface area contributed by atoms with E-state index in [1.165, 1.54) is 89.9 Å². The number of hydrogen-bond donors (Lipinski definition) is 0. The van der Waals surface area contributed by atoms with Crippen molar-refractivity contribution in [3.63, 3.8) is 0 Å². The van der Waals surface area contributed by atoms with E-state index in [2.05, 4.69) is 27.7 Å². The van der Waals surface area contributed by atoms with Crippen LogP contribution in [-0.2, 0) is 19.1 Å². The van der Waals surface area contributed by atoms with Gasteiger partial charge in [0.05, 0.1) is 0 Å². The first-order chi connectivity index (χ1) is 18.5. The molecule has 1 atom stereocenters. The minimum absolute atomic E-state index is 0.186. The number of hydrogen-bond acceptors (Lipinski definition) is 4. The summed E-state index contributed by atoms with van der Waals surface area (Å²) in [5, 5.41) is 0. The summed E-state index contributed by atoms with van der Waals surface area (Å²) < 4.78 is 12.3. The first-order valence-corrected chi connectivity index (χ1v) is 17.0. The molecule has 0 aromatic heterocycles. The van der Waals surface area contributed by atoms with Crippen molar-refractivity contribution in [1.29, 1.82) is 0 Å². The van der Waals surface area contributed by atoms with Crippen molar-refractivity contribution >= 4 is 11.9 Å². The van der Waals surface area contributed by atoms with Crippen LogP contribution < -0.4 is 0 Å². The summed E-state index contributed by atoms with van der Waals surface area (Å²) >= 11 is 0. The third-order valence-corrected chi connectivity index (χ3v) is 7.64. The standard InChI is InChI=1S/C34H66O4/c1-5-9-13-17-19-21-25-29-33(36)38-34(30-26-22-16-12-8-4,31-27-23-18-14-10-6-2)37-32(35)28-24-20-15-11-7-3/h5-31H2,1-4H3. The lowest BCUT2D eigenvalue weighted by atomic mass is 9.98. The monoisotopic (exact) mass is 538 g/mol. The van der Waals surface area contributed by atoms with Crippen LogP contribution in [0.25, 0.3) is 0 Å². The van der Waals surface area contributed by atoms with E-state index in [0.717, 1.165) is 57.8 Å². The second-order valence-corrected chi connectivity index (χ2v) is 11.6. The molecule has 0 bridgehead atoms. The molecule has 0 saturated heterocycles. The lowest BCUT2D eigenvalue weighted by molar-refractivity contribution is -0.235. The lowest BCUT2D eigenvalue weighted by Crippen LogP contribution is -2.40. The predicted molar refractivity (Wildman–Crippen MR) is 162 cm³/mol. The molecule has 226 valence electrons. The molecule has 0 fully saturated rings. The van der Waals surface area contributed by atoms with E-state index >= 15 is 0 Å². The molecule has 1 unspecified atom stereocenters. The molecule has 0 aromatic carbocycles. The van der Waals surface area contributed by atoms with Gasteiger partial charge in [0, 0.05) is 25.7 Å². The summed E-state index contributed by atoms with van der Waals surface area (Å²) in [5.41, 5.74) is 0. The zero-order chi connectivity index (χ0) is 28.2. The smallest absolute Gasteiger partial charge is 0.309 e. The van der Waals surface area contributed by atoms with Gasteiger partial charge in [0.15, 0.2) is 0 Å². The fourth-order valence-corrected chi connectivity index (χ4v) is 5.14. The number of ether oxygens (including phenoxy) is 2. The van der Waals surface area contributed by atoms with E-state index in [-0.39, 0.29) is 11.9 Å². The third kappa shape index (κ3) is 22.9. The molecule has 0 rings (SSSR count). The number of carbonyl (C=O) groups is 2. The van der Waals surface area contributed by atoms with Crippen molar-refractivity contribution in [3.05, 3.63) is 0 Å². The van der Waals surface area contributed by atoms with Gasteiger partial charge in [0.2, 0.25) is 0 Å². The number of unbranched alkanes of at least 4 members (excludes halogenated alkanes) is 19. The molecule has 0 N–H and O–H groups in total. The van der Waals surface area contributed by atoms with Gasteiger partial charge in [-0.05, 0) is 25.7 Å². The van der Waals surface area contributed by atoms with Gasteiger partial charge in [-0.15, -0.1) is 0 Å². The molecule has 0 aliphatic rings. The summed E-state index contributed by atoms with van der Waals surface area (Å²) in [6.07, 6.45) is 28.4. The average molecular weight is 539 g/mol. The van der Waals surface area contributed by atoms with Crippen LogP contribution >= 0.6 is 0 Å². The van der Waals surface area contributed by atoms with Gasteiger partial charge in [-0.1, -0.05) is 150 Å². The Bertz CT molecular complexity index is 533. The molecule has 38 heavy (non-hydrogen) atoms. The molecular weight excluding hydrogens is 472 g/mol. The van der Waals surface area contributed by atoms with Gasteiger partial charge in [0.1, 0.15) is 0 Å². The maximum Gasteiger partial charge on any atom is 0.309 e. The summed E-state index contributed by atoms with van der Waals surface area (Å²) in [6.45, 7) is 8.88. The van der Waals surface area contributed by atoms with Gasteiger partial charge in [-0.25, -0.2) is 0 Å². The maximum atomic E-state index is 13.0. The topological polar surface area (TPSA) is 52.6 Å². The molecule has 4 heteroatoms.